The summed E-state index contributed by atoms with van der Waals surface area (Å²) in [4.78, 5) is 0.398. The molecule has 0 atom stereocenters. The molecule has 5 heteroatoms. The maximum Gasteiger partial charge on any atom is 0.240 e. The van der Waals surface area contributed by atoms with E-state index >= 15 is 0 Å². The molecular formula is C14H18ClNO2S. The first-order chi connectivity index (χ1) is 9.04. The molecule has 1 aromatic rings. The van der Waals surface area contributed by atoms with Gasteiger partial charge in [-0.05, 0) is 61.3 Å². The average molecular weight is 300 g/mol. The maximum absolute atomic E-state index is 12.2. The number of aryl methyl sites for hydroxylation is 2. The fraction of sp³-hybridized carbons (Fsp3) is 0.571. The predicted octanol–water partition coefficient (Wildman–Crippen LogP) is 2.47. The molecule has 1 aromatic carbocycles. The molecular weight excluding hydrogens is 282 g/mol. The second kappa shape index (κ2) is 5.08. The van der Waals surface area contributed by atoms with Crippen LogP contribution in [0.15, 0.2) is 23.1 Å². The van der Waals surface area contributed by atoms with Crippen molar-refractivity contribution in [2.24, 2.45) is 5.92 Å². The van der Waals surface area contributed by atoms with Gasteiger partial charge in [0.05, 0.1) is 4.90 Å². The van der Waals surface area contributed by atoms with E-state index in [9.17, 15) is 8.42 Å². The molecule has 1 N–H and O–H groups in total. The van der Waals surface area contributed by atoms with Crippen molar-refractivity contribution in [3.8, 4) is 0 Å². The number of rotatable bonds is 4. The van der Waals surface area contributed by atoms with Crippen molar-refractivity contribution in [1.82, 2.24) is 4.72 Å². The van der Waals surface area contributed by atoms with Gasteiger partial charge in [-0.25, -0.2) is 13.1 Å². The quantitative estimate of drug-likeness (QED) is 0.868. The summed E-state index contributed by atoms with van der Waals surface area (Å²) < 4.78 is 27.1. The summed E-state index contributed by atoms with van der Waals surface area (Å²) in [6, 6.07) is 5.50. The van der Waals surface area contributed by atoms with E-state index in [0.29, 0.717) is 17.4 Å². The average Bonchev–Trinajstić information content (AvgIpc) is 2.80. The van der Waals surface area contributed by atoms with E-state index in [1.807, 2.05) is 12.1 Å². The summed E-state index contributed by atoms with van der Waals surface area (Å²) in [7, 11) is -3.36. The van der Waals surface area contributed by atoms with Gasteiger partial charge in [0.2, 0.25) is 10.0 Å². The highest BCUT2D eigenvalue weighted by Crippen LogP contribution is 2.31. The van der Waals surface area contributed by atoms with Crippen molar-refractivity contribution in [3.05, 3.63) is 29.3 Å². The Kier molecular flexibility index (Phi) is 3.58. The van der Waals surface area contributed by atoms with Gasteiger partial charge in [0.1, 0.15) is 0 Å². The zero-order valence-corrected chi connectivity index (χ0v) is 12.3. The number of hydrogen-bond acceptors (Lipinski definition) is 2. The van der Waals surface area contributed by atoms with Crippen molar-refractivity contribution in [2.45, 2.75) is 42.4 Å². The lowest BCUT2D eigenvalue weighted by atomic mass is 9.85. The third-order valence-electron chi connectivity index (χ3n) is 4.12. The molecule has 0 saturated heterocycles. The van der Waals surface area contributed by atoms with E-state index in [-0.39, 0.29) is 5.38 Å². The summed E-state index contributed by atoms with van der Waals surface area (Å²) >= 11 is 5.90. The topological polar surface area (TPSA) is 46.2 Å². The molecule has 3 nitrogen and oxygen atoms in total. The molecule has 0 bridgehead atoms. The van der Waals surface area contributed by atoms with Gasteiger partial charge in [-0.1, -0.05) is 6.07 Å². The molecule has 0 radical (unpaired) electrons. The zero-order valence-electron chi connectivity index (χ0n) is 10.7. The van der Waals surface area contributed by atoms with Crippen LogP contribution in [0.5, 0.6) is 0 Å². The smallest absolute Gasteiger partial charge is 0.211 e. The third-order valence-corrected chi connectivity index (χ3v) is 5.90. The zero-order chi connectivity index (χ0) is 13.5. The van der Waals surface area contributed by atoms with Crippen LogP contribution in [0.25, 0.3) is 0 Å². The summed E-state index contributed by atoms with van der Waals surface area (Å²) in [5, 5.41) is 0.231. The summed E-state index contributed by atoms with van der Waals surface area (Å²) in [5.41, 5.74) is 2.48. The van der Waals surface area contributed by atoms with E-state index < -0.39 is 10.0 Å². The second-order valence-electron chi connectivity index (χ2n) is 5.57. The Hall–Kier alpha value is -0.580. The van der Waals surface area contributed by atoms with Gasteiger partial charge in [-0.2, -0.15) is 0 Å². The van der Waals surface area contributed by atoms with Gasteiger partial charge in [0.25, 0.3) is 0 Å². The molecule has 3 rings (SSSR count). The van der Waals surface area contributed by atoms with Crippen LogP contribution in [0.2, 0.25) is 0 Å². The number of fused-ring (bicyclic) bond motifs is 1. The van der Waals surface area contributed by atoms with Gasteiger partial charge in [0.15, 0.2) is 0 Å². The Morgan fingerprint density at radius 1 is 1.21 bits per heavy atom. The van der Waals surface area contributed by atoms with Crippen LogP contribution >= 0.6 is 11.6 Å². The molecule has 1 fully saturated rings. The van der Waals surface area contributed by atoms with E-state index in [1.165, 1.54) is 11.1 Å². The normalized spacial score (nSPS) is 25.9. The van der Waals surface area contributed by atoms with E-state index in [2.05, 4.69) is 4.72 Å². The summed E-state index contributed by atoms with van der Waals surface area (Å²) in [5.74, 6) is 0.395. The number of nitrogens with one attached hydrogen (secondary N) is 1. The van der Waals surface area contributed by atoms with Crippen molar-refractivity contribution in [2.75, 3.05) is 6.54 Å². The van der Waals surface area contributed by atoms with Crippen molar-refractivity contribution < 1.29 is 8.42 Å². The highest BCUT2D eigenvalue weighted by atomic mass is 35.5. The molecule has 1 saturated carbocycles. The monoisotopic (exact) mass is 299 g/mol. The fourth-order valence-corrected chi connectivity index (χ4v) is 4.52. The minimum absolute atomic E-state index is 0.231. The van der Waals surface area contributed by atoms with Crippen LogP contribution in [0, 0.1) is 5.92 Å². The molecule has 0 amide bonds. The second-order valence-corrected chi connectivity index (χ2v) is 7.95. The van der Waals surface area contributed by atoms with E-state index in [4.69, 9.17) is 11.6 Å². The molecule has 104 valence electrons. The molecule has 0 spiro atoms. The molecule has 2 aliphatic carbocycles. The van der Waals surface area contributed by atoms with E-state index in [0.717, 1.165) is 32.1 Å². The Morgan fingerprint density at radius 2 is 1.95 bits per heavy atom. The lowest BCUT2D eigenvalue weighted by Crippen LogP contribution is -2.36. The molecule has 2 aliphatic rings. The van der Waals surface area contributed by atoms with Crippen LogP contribution in [0.1, 0.15) is 30.4 Å². The van der Waals surface area contributed by atoms with Crippen LogP contribution in [0.4, 0.5) is 0 Å². The van der Waals surface area contributed by atoms with Crippen molar-refractivity contribution in [1.29, 1.82) is 0 Å². The first kappa shape index (κ1) is 13.4. The first-order valence-corrected chi connectivity index (χ1v) is 8.72. The lowest BCUT2D eigenvalue weighted by Gasteiger charge is -2.30. The molecule has 0 heterocycles. The molecule has 0 aromatic heterocycles. The Bertz CT molecular complexity index is 579. The minimum atomic E-state index is -3.36. The van der Waals surface area contributed by atoms with Crippen molar-refractivity contribution >= 4 is 21.6 Å². The SMILES string of the molecule is O=S(=O)(NCC1CC(Cl)C1)c1ccc2c(c1)CCC2. The van der Waals surface area contributed by atoms with Gasteiger partial charge in [-0.15, -0.1) is 11.6 Å². The molecule has 0 unspecified atom stereocenters. The Balaban J connectivity index is 1.69. The highest BCUT2D eigenvalue weighted by molar-refractivity contribution is 7.89. The Morgan fingerprint density at radius 3 is 2.68 bits per heavy atom. The van der Waals surface area contributed by atoms with Gasteiger partial charge < -0.3 is 0 Å². The van der Waals surface area contributed by atoms with Gasteiger partial charge >= 0.3 is 0 Å². The predicted molar refractivity (Wildman–Crippen MR) is 76.0 cm³/mol. The van der Waals surface area contributed by atoms with Gasteiger partial charge in [0, 0.05) is 11.9 Å². The molecule has 19 heavy (non-hydrogen) atoms. The summed E-state index contributed by atoms with van der Waals surface area (Å²) in [6.07, 6.45) is 5.02. The maximum atomic E-state index is 12.2. The number of benzene rings is 1. The first-order valence-electron chi connectivity index (χ1n) is 6.80. The number of alkyl halides is 1. The standard InChI is InChI=1S/C14H18ClNO2S/c15-13-6-10(7-13)9-16-19(17,18)14-5-4-11-2-1-3-12(11)8-14/h4-5,8,10,13,16H,1-3,6-7,9H2. The largest absolute Gasteiger partial charge is 0.240 e. The van der Waals surface area contributed by atoms with Crippen LogP contribution in [-0.4, -0.2) is 20.3 Å². The highest BCUT2D eigenvalue weighted by Gasteiger charge is 2.28. The van der Waals surface area contributed by atoms with Gasteiger partial charge in [-0.3, -0.25) is 0 Å². The third kappa shape index (κ3) is 2.81. The fourth-order valence-electron chi connectivity index (χ4n) is 2.85. The minimum Gasteiger partial charge on any atom is -0.211 e. The van der Waals surface area contributed by atoms with Crippen molar-refractivity contribution in [3.63, 3.8) is 0 Å². The number of halogens is 1. The van der Waals surface area contributed by atoms with Crippen LogP contribution in [-0.2, 0) is 22.9 Å². The lowest BCUT2D eigenvalue weighted by molar-refractivity contribution is 0.324. The van der Waals surface area contributed by atoms with Crippen LogP contribution in [0.3, 0.4) is 0 Å². The number of sulfonamides is 1. The summed E-state index contributed by atoms with van der Waals surface area (Å²) in [6.45, 7) is 0.503. The Labute approximate surface area is 119 Å². The van der Waals surface area contributed by atoms with E-state index in [1.54, 1.807) is 6.07 Å². The number of hydrogen-bond donors (Lipinski definition) is 1. The molecule has 0 aliphatic heterocycles. The van der Waals surface area contributed by atoms with Crippen LogP contribution < -0.4 is 4.72 Å².